The predicted molar refractivity (Wildman–Crippen MR) is 100 cm³/mol. The van der Waals surface area contributed by atoms with E-state index in [2.05, 4.69) is 31.1 Å². The quantitative estimate of drug-likeness (QED) is 0.849. The lowest BCUT2D eigenvalue weighted by atomic mass is 9.47. The Morgan fingerprint density at radius 1 is 1.31 bits per heavy atom. The van der Waals surface area contributed by atoms with E-state index in [9.17, 15) is 9.90 Å². The van der Waals surface area contributed by atoms with Crippen LogP contribution in [0.5, 0.6) is 0 Å². The van der Waals surface area contributed by atoms with Gasteiger partial charge in [-0.1, -0.05) is 20.8 Å². The van der Waals surface area contributed by atoms with Gasteiger partial charge in [0.2, 0.25) is 5.91 Å². The zero-order valence-electron chi connectivity index (χ0n) is 16.4. The van der Waals surface area contributed by atoms with Gasteiger partial charge in [-0.2, -0.15) is 0 Å². The molecule has 1 aromatic heterocycles. The molecule has 0 aliphatic heterocycles. The summed E-state index contributed by atoms with van der Waals surface area (Å²) in [6.45, 7) is 7.24. The third-order valence-electron chi connectivity index (χ3n) is 7.02. The number of amides is 1. The van der Waals surface area contributed by atoms with E-state index in [0.717, 1.165) is 38.6 Å². The molecule has 4 fully saturated rings. The van der Waals surface area contributed by atoms with Crippen molar-refractivity contribution in [3.8, 4) is 0 Å². The van der Waals surface area contributed by atoms with Crippen molar-refractivity contribution in [2.75, 3.05) is 0 Å². The van der Waals surface area contributed by atoms with Crippen molar-refractivity contribution in [1.82, 2.24) is 14.9 Å². The summed E-state index contributed by atoms with van der Waals surface area (Å²) in [6, 6.07) is 0.0567. The fourth-order valence-corrected chi connectivity index (χ4v) is 6.34. The zero-order chi connectivity index (χ0) is 18.6. The van der Waals surface area contributed by atoms with Crippen LogP contribution in [0.2, 0.25) is 0 Å². The number of rotatable bonds is 5. The third-order valence-corrected chi connectivity index (χ3v) is 7.02. The van der Waals surface area contributed by atoms with Gasteiger partial charge in [0, 0.05) is 25.4 Å². The van der Waals surface area contributed by atoms with Crippen LogP contribution in [-0.2, 0) is 11.3 Å². The van der Waals surface area contributed by atoms with Crippen LogP contribution in [-0.4, -0.2) is 32.2 Å². The highest BCUT2D eigenvalue weighted by atomic mass is 16.3. The molecular formula is C21H33N3O2. The summed E-state index contributed by atoms with van der Waals surface area (Å²) in [5, 5.41) is 14.2. The van der Waals surface area contributed by atoms with Crippen molar-refractivity contribution in [1.29, 1.82) is 0 Å². The Labute approximate surface area is 156 Å². The van der Waals surface area contributed by atoms with Crippen molar-refractivity contribution in [3.05, 3.63) is 18.7 Å². The number of aliphatic hydroxyl groups is 1. The molecule has 4 bridgehead atoms. The first-order chi connectivity index (χ1) is 12.1. The predicted octanol–water partition coefficient (Wildman–Crippen LogP) is 3.14. The maximum atomic E-state index is 13.0. The van der Waals surface area contributed by atoms with Gasteiger partial charge in [-0.15, -0.1) is 0 Å². The second-order valence-electron chi connectivity index (χ2n) is 10.6. The summed E-state index contributed by atoms with van der Waals surface area (Å²) in [4.78, 5) is 17.1. The van der Waals surface area contributed by atoms with E-state index < -0.39 is 5.60 Å². The van der Waals surface area contributed by atoms with E-state index in [4.69, 9.17) is 0 Å². The lowest BCUT2D eigenvalue weighted by Crippen LogP contribution is -2.57. The van der Waals surface area contributed by atoms with Gasteiger partial charge in [0.1, 0.15) is 0 Å². The van der Waals surface area contributed by atoms with Crippen LogP contribution in [0, 0.1) is 22.7 Å². The number of carbonyl (C=O) groups excluding carboxylic acids is 1. The summed E-state index contributed by atoms with van der Waals surface area (Å²) >= 11 is 0. The fourth-order valence-electron chi connectivity index (χ4n) is 6.34. The van der Waals surface area contributed by atoms with E-state index in [1.165, 1.54) is 6.42 Å². The number of hydrogen-bond donors (Lipinski definition) is 2. The van der Waals surface area contributed by atoms with Crippen molar-refractivity contribution in [2.45, 2.75) is 83.9 Å². The van der Waals surface area contributed by atoms with Gasteiger partial charge in [-0.25, -0.2) is 4.98 Å². The molecule has 1 heterocycles. The van der Waals surface area contributed by atoms with Gasteiger partial charge in [-0.3, -0.25) is 4.79 Å². The normalized spacial score (nSPS) is 36.9. The average molecular weight is 360 g/mol. The summed E-state index contributed by atoms with van der Waals surface area (Å²) in [6.07, 6.45) is 12.3. The number of carbonyl (C=O) groups is 1. The lowest BCUT2D eigenvalue weighted by molar-refractivity contribution is -0.169. The second kappa shape index (κ2) is 6.08. The standard InChI is InChI=1S/C21H33N3O2/c1-19(2,3)17(12-24-5-4-22-14-24)23-18(25)11-20-7-15-6-16(8-20)10-21(26,9-15)13-20/h4-5,14-17,26H,6-13H2,1-3H3,(H,23,25)/t15-,16-,17-,20?,21?/m1/s1. The number of imidazole rings is 1. The topological polar surface area (TPSA) is 67.2 Å². The van der Waals surface area contributed by atoms with Gasteiger partial charge in [0.25, 0.3) is 0 Å². The number of aromatic nitrogens is 2. The first-order valence-electron chi connectivity index (χ1n) is 10.1. The number of hydrogen-bond acceptors (Lipinski definition) is 3. The van der Waals surface area contributed by atoms with Crippen LogP contribution in [0.1, 0.15) is 65.7 Å². The Kier molecular flexibility index (Phi) is 4.22. The highest BCUT2D eigenvalue weighted by Crippen LogP contribution is 2.62. The van der Waals surface area contributed by atoms with E-state index in [-0.39, 0.29) is 22.8 Å². The molecule has 26 heavy (non-hydrogen) atoms. The van der Waals surface area contributed by atoms with Crippen molar-refractivity contribution in [2.24, 2.45) is 22.7 Å². The molecule has 0 spiro atoms. The molecule has 1 aromatic rings. The minimum atomic E-state index is -0.495. The lowest BCUT2D eigenvalue weighted by Gasteiger charge is -2.60. The maximum Gasteiger partial charge on any atom is 0.220 e. The van der Waals surface area contributed by atoms with Gasteiger partial charge < -0.3 is 15.0 Å². The summed E-state index contributed by atoms with van der Waals surface area (Å²) in [5.74, 6) is 1.40. The minimum Gasteiger partial charge on any atom is -0.390 e. The highest BCUT2D eigenvalue weighted by molar-refractivity contribution is 5.77. The molecule has 2 N–H and O–H groups in total. The Morgan fingerprint density at radius 3 is 2.54 bits per heavy atom. The molecule has 0 saturated heterocycles. The molecule has 144 valence electrons. The van der Waals surface area contributed by atoms with Crippen molar-refractivity contribution >= 4 is 5.91 Å². The second-order valence-corrected chi connectivity index (χ2v) is 10.6. The first-order valence-corrected chi connectivity index (χ1v) is 10.1. The Balaban J connectivity index is 1.44. The third kappa shape index (κ3) is 3.55. The molecule has 0 aromatic carbocycles. The van der Waals surface area contributed by atoms with Gasteiger partial charge in [0.15, 0.2) is 0 Å². The smallest absolute Gasteiger partial charge is 0.220 e. The van der Waals surface area contributed by atoms with Crippen LogP contribution in [0.15, 0.2) is 18.7 Å². The van der Waals surface area contributed by atoms with Crippen LogP contribution < -0.4 is 5.32 Å². The van der Waals surface area contributed by atoms with Gasteiger partial charge >= 0.3 is 0 Å². The minimum absolute atomic E-state index is 0.0281. The van der Waals surface area contributed by atoms with Crippen LogP contribution in [0.4, 0.5) is 0 Å². The molecule has 5 rings (SSSR count). The van der Waals surface area contributed by atoms with Crippen molar-refractivity contribution in [3.63, 3.8) is 0 Å². The monoisotopic (exact) mass is 359 g/mol. The van der Waals surface area contributed by atoms with E-state index in [0.29, 0.717) is 18.3 Å². The zero-order valence-corrected chi connectivity index (χ0v) is 16.4. The highest BCUT2D eigenvalue weighted by Gasteiger charge is 2.57. The largest absolute Gasteiger partial charge is 0.390 e. The maximum absolute atomic E-state index is 13.0. The molecule has 0 unspecified atom stereocenters. The van der Waals surface area contributed by atoms with Crippen molar-refractivity contribution < 1.29 is 9.90 Å². The molecule has 3 atom stereocenters. The first kappa shape index (κ1) is 18.0. The van der Waals surface area contributed by atoms with Gasteiger partial charge in [-0.05, 0) is 61.2 Å². The molecular weight excluding hydrogens is 326 g/mol. The average Bonchev–Trinajstić information content (AvgIpc) is 2.95. The Morgan fingerprint density at radius 2 is 2.00 bits per heavy atom. The Bertz CT molecular complexity index is 647. The van der Waals surface area contributed by atoms with Gasteiger partial charge in [0.05, 0.1) is 18.0 Å². The summed E-state index contributed by atoms with van der Waals surface area (Å²) in [7, 11) is 0. The SMILES string of the molecule is CC(C)(C)[C@@H](Cn1ccnc1)NC(=O)CC12C[C@H]3C[C@@H](CC(O)(C3)C1)C2. The molecule has 1 amide bonds. The number of nitrogens with one attached hydrogen (secondary N) is 1. The van der Waals surface area contributed by atoms with E-state index in [1.54, 1.807) is 12.5 Å². The summed E-state index contributed by atoms with van der Waals surface area (Å²) < 4.78 is 2.03. The molecule has 4 aliphatic rings. The molecule has 4 aliphatic carbocycles. The fraction of sp³-hybridized carbons (Fsp3) is 0.810. The van der Waals surface area contributed by atoms with Crippen LogP contribution in [0.25, 0.3) is 0 Å². The Hall–Kier alpha value is -1.36. The summed E-state index contributed by atoms with van der Waals surface area (Å²) in [5.41, 5.74) is -0.495. The van der Waals surface area contributed by atoms with E-state index in [1.807, 2.05) is 10.8 Å². The molecule has 0 radical (unpaired) electrons. The molecule has 4 saturated carbocycles. The van der Waals surface area contributed by atoms with E-state index >= 15 is 0 Å². The van der Waals surface area contributed by atoms with Crippen LogP contribution in [0.3, 0.4) is 0 Å². The molecule has 5 heteroatoms. The van der Waals surface area contributed by atoms with Crippen LogP contribution >= 0.6 is 0 Å². The number of nitrogens with zero attached hydrogens (tertiary/aromatic N) is 2. The molecule has 5 nitrogen and oxygen atoms in total.